The number of pyridine rings is 2. The molecule has 0 saturated carbocycles. The van der Waals surface area contributed by atoms with E-state index in [1.165, 1.54) is 12.1 Å². The second kappa shape index (κ2) is 9.21. The molecule has 1 fully saturated rings. The monoisotopic (exact) mass is 488 g/mol. The SMILES string of the molecule is COC[C@@H]1CN(c2ccc(Nc3ccc(-c4cnc5cc(F)ccn45)c4c3C(=O)NC4)nc2)CCO1. The third kappa shape index (κ3) is 4.04. The molecule has 1 atom stereocenters. The highest BCUT2D eigenvalue weighted by Gasteiger charge is 2.27. The van der Waals surface area contributed by atoms with Crippen LogP contribution in [0.5, 0.6) is 0 Å². The van der Waals surface area contributed by atoms with Gasteiger partial charge >= 0.3 is 0 Å². The predicted molar refractivity (Wildman–Crippen MR) is 133 cm³/mol. The van der Waals surface area contributed by atoms with E-state index in [9.17, 15) is 9.18 Å². The van der Waals surface area contributed by atoms with Crippen molar-refractivity contribution in [3.8, 4) is 11.3 Å². The number of hydrogen-bond acceptors (Lipinski definition) is 7. The zero-order valence-electron chi connectivity index (χ0n) is 19.7. The Labute approximate surface area is 206 Å². The first-order chi connectivity index (χ1) is 17.6. The number of halogens is 1. The van der Waals surface area contributed by atoms with E-state index in [0.717, 1.165) is 35.6 Å². The van der Waals surface area contributed by atoms with E-state index in [1.807, 2.05) is 34.9 Å². The van der Waals surface area contributed by atoms with Crippen LogP contribution in [0.4, 0.5) is 21.6 Å². The summed E-state index contributed by atoms with van der Waals surface area (Å²) in [6, 6.07) is 10.5. The average molecular weight is 489 g/mol. The van der Waals surface area contributed by atoms with Crippen LogP contribution >= 0.6 is 0 Å². The summed E-state index contributed by atoms with van der Waals surface area (Å²) >= 11 is 0. The van der Waals surface area contributed by atoms with Gasteiger partial charge in [0.2, 0.25) is 0 Å². The van der Waals surface area contributed by atoms with Crippen molar-refractivity contribution in [2.45, 2.75) is 12.6 Å². The minimum Gasteiger partial charge on any atom is -0.382 e. The normalized spacial score (nSPS) is 17.3. The fraction of sp³-hybridized carbons (Fsp3) is 0.269. The summed E-state index contributed by atoms with van der Waals surface area (Å²) in [7, 11) is 1.67. The molecule has 0 aliphatic carbocycles. The molecule has 6 rings (SSSR count). The summed E-state index contributed by atoms with van der Waals surface area (Å²) < 4.78 is 26.4. The predicted octanol–water partition coefficient (Wildman–Crippen LogP) is 3.37. The highest BCUT2D eigenvalue weighted by molar-refractivity contribution is 6.06. The Balaban J connectivity index is 1.27. The van der Waals surface area contributed by atoms with Gasteiger partial charge in [-0.15, -0.1) is 0 Å². The molecule has 1 saturated heterocycles. The molecule has 1 aromatic carbocycles. The van der Waals surface area contributed by atoms with E-state index in [-0.39, 0.29) is 17.8 Å². The molecular formula is C26H25FN6O3. The average Bonchev–Trinajstić information content (AvgIpc) is 3.49. The van der Waals surface area contributed by atoms with Gasteiger partial charge in [0, 0.05) is 44.6 Å². The molecule has 0 spiro atoms. The number of ether oxygens (including phenoxy) is 2. The molecule has 0 unspecified atom stereocenters. The lowest BCUT2D eigenvalue weighted by atomic mass is 9.99. The maximum atomic E-state index is 13.6. The molecule has 184 valence electrons. The van der Waals surface area contributed by atoms with Gasteiger partial charge in [-0.1, -0.05) is 6.07 Å². The number of morpholine rings is 1. The van der Waals surface area contributed by atoms with E-state index in [1.54, 1.807) is 19.5 Å². The second-order valence-electron chi connectivity index (χ2n) is 8.83. The van der Waals surface area contributed by atoms with Crippen LogP contribution in [0.25, 0.3) is 16.9 Å². The summed E-state index contributed by atoms with van der Waals surface area (Å²) in [5.74, 6) is 0.145. The first-order valence-corrected chi connectivity index (χ1v) is 11.8. The quantitative estimate of drug-likeness (QED) is 0.430. The Kier molecular flexibility index (Phi) is 5.74. The number of nitrogens with zero attached hydrogens (tertiary/aromatic N) is 4. The zero-order valence-corrected chi connectivity index (χ0v) is 19.7. The lowest BCUT2D eigenvalue weighted by Gasteiger charge is -2.34. The van der Waals surface area contributed by atoms with Gasteiger partial charge in [0.05, 0.1) is 54.3 Å². The summed E-state index contributed by atoms with van der Waals surface area (Å²) in [5, 5.41) is 6.22. The van der Waals surface area contributed by atoms with Gasteiger partial charge in [-0.05, 0) is 29.8 Å². The topological polar surface area (TPSA) is 93.0 Å². The maximum absolute atomic E-state index is 13.6. The van der Waals surface area contributed by atoms with Crippen molar-refractivity contribution in [3.63, 3.8) is 0 Å². The Morgan fingerprint density at radius 2 is 2.14 bits per heavy atom. The van der Waals surface area contributed by atoms with E-state index in [0.29, 0.717) is 42.5 Å². The van der Waals surface area contributed by atoms with Gasteiger partial charge in [0.1, 0.15) is 17.3 Å². The molecule has 5 heterocycles. The molecule has 36 heavy (non-hydrogen) atoms. The number of rotatable bonds is 6. The number of carbonyl (C=O) groups is 1. The fourth-order valence-corrected chi connectivity index (χ4v) is 4.87. The summed E-state index contributed by atoms with van der Waals surface area (Å²) in [6.07, 6.45) is 5.20. The largest absolute Gasteiger partial charge is 0.382 e. The summed E-state index contributed by atoms with van der Waals surface area (Å²) in [6.45, 7) is 3.13. The van der Waals surface area contributed by atoms with Crippen LogP contribution in [0.1, 0.15) is 15.9 Å². The highest BCUT2D eigenvalue weighted by Crippen LogP contribution is 2.35. The number of nitrogens with one attached hydrogen (secondary N) is 2. The van der Waals surface area contributed by atoms with Gasteiger partial charge in [-0.25, -0.2) is 14.4 Å². The Hall–Kier alpha value is -4.02. The molecule has 4 aromatic rings. The molecule has 10 heteroatoms. The maximum Gasteiger partial charge on any atom is 0.254 e. The summed E-state index contributed by atoms with van der Waals surface area (Å²) in [4.78, 5) is 23.9. The van der Waals surface area contributed by atoms with Crippen LogP contribution in [-0.2, 0) is 16.0 Å². The van der Waals surface area contributed by atoms with Crippen LogP contribution in [0.2, 0.25) is 0 Å². The number of methoxy groups -OCH3 is 1. The van der Waals surface area contributed by atoms with Crippen LogP contribution in [0.3, 0.4) is 0 Å². The number of imidazole rings is 1. The van der Waals surface area contributed by atoms with E-state index in [4.69, 9.17) is 9.47 Å². The van der Waals surface area contributed by atoms with Crippen LogP contribution in [0, 0.1) is 5.82 Å². The molecule has 0 bridgehead atoms. The number of carbonyl (C=O) groups excluding carboxylic acids is 1. The van der Waals surface area contributed by atoms with Crippen LogP contribution in [0.15, 0.2) is 55.0 Å². The standard InChI is InChI=1S/C26H25FN6O3/c1-35-15-18-14-32(8-9-36-18)17-2-5-23(28-11-17)31-21-4-3-19(20-12-30-26(34)25(20)21)22-13-29-24-10-16(27)6-7-33(22)24/h2-7,10-11,13,18H,8-9,12,14-15H2,1H3,(H,28,31)(H,30,34)/t18-/m0/s1. The van der Waals surface area contributed by atoms with Crippen molar-refractivity contribution in [3.05, 3.63) is 71.9 Å². The first kappa shape index (κ1) is 22.4. The van der Waals surface area contributed by atoms with Crippen molar-refractivity contribution in [2.24, 2.45) is 0 Å². The van der Waals surface area contributed by atoms with Gasteiger partial charge in [-0.2, -0.15) is 0 Å². The molecule has 2 aliphatic heterocycles. The van der Waals surface area contributed by atoms with Crippen LogP contribution in [-0.4, -0.2) is 59.8 Å². The third-order valence-electron chi connectivity index (χ3n) is 6.58. The fourth-order valence-electron chi connectivity index (χ4n) is 4.87. The number of benzene rings is 1. The second-order valence-corrected chi connectivity index (χ2v) is 8.83. The molecule has 3 aromatic heterocycles. The number of aromatic nitrogens is 3. The van der Waals surface area contributed by atoms with Crippen LogP contribution < -0.4 is 15.5 Å². The van der Waals surface area contributed by atoms with Gasteiger partial charge in [-0.3, -0.25) is 9.20 Å². The molecule has 9 nitrogen and oxygen atoms in total. The van der Waals surface area contributed by atoms with Crippen molar-refractivity contribution >= 4 is 28.7 Å². The van der Waals surface area contributed by atoms with Crippen molar-refractivity contribution in [1.82, 2.24) is 19.7 Å². The number of anilines is 3. The lowest BCUT2D eigenvalue weighted by Crippen LogP contribution is -2.44. The lowest BCUT2D eigenvalue weighted by molar-refractivity contribution is -0.0100. The van der Waals surface area contributed by atoms with Gasteiger partial charge in [0.25, 0.3) is 5.91 Å². The van der Waals surface area contributed by atoms with Crippen molar-refractivity contribution < 1.29 is 18.7 Å². The minimum atomic E-state index is -0.344. The molecule has 2 N–H and O–H groups in total. The molecular weight excluding hydrogens is 463 g/mol. The third-order valence-corrected chi connectivity index (χ3v) is 6.58. The Morgan fingerprint density at radius 3 is 2.97 bits per heavy atom. The summed E-state index contributed by atoms with van der Waals surface area (Å²) in [5.41, 5.74) is 5.30. The smallest absolute Gasteiger partial charge is 0.254 e. The minimum absolute atomic E-state index is 0.0353. The van der Waals surface area contributed by atoms with Gasteiger partial charge in [0.15, 0.2) is 0 Å². The van der Waals surface area contributed by atoms with E-state index >= 15 is 0 Å². The number of hydrogen-bond donors (Lipinski definition) is 2. The van der Waals surface area contributed by atoms with Crippen molar-refractivity contribution in [1.29, 1.82) is 0 Å². The zero-order chi connectivity index (χ0) is 24.6. The molecule has 0 radical (unpaired) electrons. The Bertz CT molecular complexity index is 1440. The number of amides is 1. The van der Waals surface area contributed by atoms with E-state index in [2.05, 4.69) is 25.5 Å². The van der Waals surface area contributed by atoms with Crippen molar-refractivity contribution in [2.75, 3.05) is 43.6 Å². The Morgan fingerprint density at radius 1 is 1.22 bits per heavy atom. The molecule has 1 amide bonds. The first-order valence-electron chi connectivity index (χ1n) is 11.8. The molecule has 2 aliphatic rings. The highest BCUT2D eigenvalue weighted by atomic mass is 19.1. The van der Waals surface area contributed by atoms with E-state index < -0.39 is 0 Å². The van der Waals surface area contributed by atoms with Gasteiger partial charge < -0.3 is 25.0 Å². The number of fused-ring (bicyclic) bond motifs is 2.